The molecule has 3 N–H and O–H groups in total. The van der Waals surface area contributed by atoms with Gasteiger partial charge in [0.05, 0.1) is 36.1 Å². The van der Waals surface area contributed by atoms with E-state index in [4.69, 9.17) is 22.1 Å². The first-order valence-electron chi connectivity index (χ1n) is 6.84. The van der Waals surface area contributed by atoms with Crippen LogP contribution in [-0.4, -0.2) is 52.5 Å². The van der Waals surface area contributed by atoms with Crippen molar-refractivity contribution in [1.29, 1.82) is 0 Å². The van der Waals surface area contributed by atoms with E-state index in [9.17, 15) is 14.3 Å². The fraction of sp³-hybridized carbons (Fsp3) is 0.571. The lowest BCUT2D eigenvalue weighted by Gasteiger charge is -2.44. The van der Waals surface area contributed by atoms with E-state index < -0.39 is 23.2 Å². The number of alkyl halides is 2. The van der Waals surface area contributed by atoms with E-state index in [-0.39, 0.29) is 11.6 Å². The molecule has 8 heteroatoms. The maximum Gasteiger partial charge on any atom is 0.252 e. The average molecular weight is 332 g/mol. The van der Waals surface area contributed by atoms with Gasteiger partial charge < -0.3 is 20.5 Å². The molecule has 2 rings (SSSR count). The van der Waals surface area contributed by atoms with Gasteiger partial charge in [-0.3, -0.25) is 9.78 Å². The monoisotopic (exact) mass is 331 g/mol. The van der Waals surface area contributed by atoms with Crippen molar-refractivity contribution in [2.24, 2.45) is 5.73 Å². The Labute approximate surface area is 133 Å². The standard InChI is InChI=1S/C14H19ClFN3O3/c1-14(2,21)11(16)12(15)19(8-6-22-7-8)10-3-4-18-5-9(10)13(17)20/h3-5,8,11-12,21H,6-7H2,1-2H3,(H2,17,20)/t11-,12-/m0/s1. The number of nitrogens with zero attached hydrogens (tertiary/aromatic N) is 2. The summed E-state index contributed by atoms with van der Waals surface area (Å²) in [5, 5.41) is 9.88. The largest absolute Gasteiger partial charge is 0.387 e. The summed E-state index contributed by atoms with van der Waals surface area (Å²) in [7, 11) is 0. The highest BCUT2D eigenvalue weighted by atomic mass is 35.5. The van der Waals surface area contributed by atoms with Crippen LogP contribution in [0, 0.1) is 0 Å². The summed E-state index contributed by atoms with van der Waals surface area (Å²) >= 11 is 6.26. The van der Waals surface area contributed by atoms with Gasteiger partial charge in [0.2, 0.25) is 0 Å². The van der Waals surface area contributed by atoms with Crippen LogP contribution in [0.4, 0.5) is 10.1 Å². The summed E-state index contributed by atoms with van der Waals surface area (Å²) in [4.78, 5) is 17.0. The molecule has 2 heterocycles. The lowest BCUT2D eigenvalue weighted by atomic mass is 10.0. The third-order valence-corrected chi connectivity index (χ3v) is 3.97. The molecule has 22 heavy (non-hydrogen) atoms. The SMILES string of the molecule is CC(C)(O)[C@@H](F)[C@@H](Cl)N(c1ccncc1C(N)=O)C1COC1. The van der Waals surface area contributed by atoms with E-state index >= 15 is 0 Å². The second-order valence-electron chi connectivity index (χ2n) is 5.78. The lowest BCUT2D eigenvalue weighted by molar-refractivity contribution is -0.0220. The Morgan fingerprint density at radius 3 is 2.73 bits per heavy atom. The number of hydrogen-bond donors (Lipinski definition) is 2. The third kappa shape index (κ3) is 3.31. The van der Waals surface area contributed by atoms with Gasteiger partial charge >= 0.3 is 0 Å². The summed E-state index contributed by atoms with van der Waals surface area (Å²) in [6.45, 7) is 3.37. The molecule has 0 aliphatic carbocycles. The number of carbonyl (C=O) groups is 1. The number of amides is 1. The zero-order valence-corrected chi connectivity index (χ0v) is 13.1. The van der Waals surface area contributed by atoms with Crippen molar-refractivity contribution in [3.8, 4) is 0 Å². The molecule has 0 aromatic carbocycles. The molecule has 1 aromatic rings. The number of aromatic nitrogens is 1. The number of halogens is 2. The van der Waals surface area contributed by atoms with Crippen molar-refractivity contribution in [1.82, 2.24) is 4.98 Å². The molecule has 122 valence electrons. The molecule has 0 bridgehead atoms. The molecule has 1 aromatic heterocycles. The van der Waals surface area contributed by atoms with Crippen LogP contribution in [0.3, 0.4) is 0 Å². The lowest BCUT2D eigenvalue weighted by Crippen LogP contribution is -2.58. The Kier molecular flexibility index (Phi) is 4.89. The number of rotatable bonds is 6. The fourth-order valence-electron chi connectivity index (χ4n) is 2.19. The predicted molar refractivity (Wildman–Crippen MR) is 80.7 cm³/mol. The van der Waals surface area contributed by atoms with Crippen LogP contribution in [0.1, 0.15) is 24.2 Å². The maximum absolute atomic E-state index is 14.5. The summed E-state index contributed by atoms with van der Waals surface area (Å²) < 4.78 is 19.6. The molecule has 1 amide bonds. The van der Waals surface area contributed by atoms with Gasteiger partial charge in [0.1, 0.15) is 5.50 Å². The van der Waals surface area contributed by atoms with E-state index in [1.54, 1.807) is 6.07 Å². The van der Waals surface area contributed by atoms with Crippen LogP contribution in [0.2, 0.25) is 0 Å². The Morgan fingerprint density at radius 2 is 2.27 bits per heavy atom. The van der Waals surface area contributed by atoms with E-state index in [1.165, 1.54) is 31.1 Å². The van der Waals surface area contributed by atoms with E-state index in [2.05, 4.69) is 4.98 Å². The molecule has 1 saturated heterocycles. The topological polar surface area (TPSA) is 88.7 Å². The maximum atomic E-state index is 14.5. The van der Waals surface area contributed by atoms with Gasteiger partial charge in [-0.1, -0.05) is 11.6 Å². The number of aliphatic hydroxyl groups is 1. The second-order valence-corrected chi connectivity index (χ2v) is 6.23. The highest BCUT2D eigenvalue weighted by molar-refractivity contribution is 6.22. The Hall–Kier alpha value is -1.44. The van der Waals surface area contributed by atoms with Crippen molar-refractivity contribution < 1.29 is 19.0 Å². The molecule has 0 saturated carbocycles. The Balaban J connectivity index is 2.41. The minimum Gasteiger partial charge on any atom is -0.387 e. The van der Waals surface area contributed by atoms with Gasteiger partial charge in [-0.15, -0.1) is 0 Å². The first-order valence-corrected chi connectivity index (χ1v) is 7.27. The number of ether oxygens (including phenoxy) is 1. The second kappa shape index (κ2) is 6.36. The van der Waals surface area contributed by atoms with Crippen LogP contribution < -0.4 is 10.6 Å². The summed E-state index contributed by atoms with van der Waals surface area (Å²) in [5.41, 5.74) is 3.05. The molecule has 1 fully saturated rings. The molecule has 0 radical (unpaired) electrons. The first-order chi connectivity index (χ1) is 10.2. The van der Waals surface area contributed by atoms with Crippen LogP contribution in [0.15, 0.2) is 18.5 Å². The van der Waals surface area contributed by atoms with Gasteiger partial charge in [0.15, 0.2) is 6.17 Å². The summed E-state index contributed by atoms with van der Waals surface area (Å²) in [6, 6.07) is 1.34. The van der Waals surface area contributed by atoms with E-state index in [0.29, 0.717) is 18.9 Å². The summed E-state index contributed by atoms with van der Waals surface area (Å²) in [6.07, 6.45) is 1.03. The van der Waals surface area contributed by atoms with E-state index in [1.807, 2.05) is 0 Å². The minimum atomic E-state index is -1.75. The Morgan fingerprint density at radius 1 is 1.64 bits per heavy atom. The van der Waals surface area contributed by atoms with Crippen molar-refractivity contribution in [2.75, 3.05) is 18.1 Å². The van der Waals surface area contributed by atoms with Gasteiger partial charge in [-0.05, 0) is 19.9 Å². The smallest absolute Gasteiger partial charge is 0.252 e. The van der Waals surface area contributed by atoms with Crippen molar-refractivity contribution in [3.05, 3.63) is 24.0 Å². The van der Waals surface area contributed by atoms with Crippen molar-refractivity contribution in [2.45, 2.75) is 37.2 Å². The van der Waals surface area contributed by atoms with Crippen molar-refractivity contribution in [3.63, 3.8) is 0 Å². The first kappa shape index (κ1) is 16.9. The quantitative estimate of drug-likeness (QED) is 0.601. The van der Waals surface area contributed by atoms with Crippen LogP contribution in [0.25, 0.3) is 0 Å². The van der Waals surface area contributed by atoms with Crippen molar-refractivity contribution >= 4 is 23.2 Å². The molecule has 1 aliphatic rings. The normalized spacial score (nSPS) is 18.4. The molecule has 6 nitrogen and oxygen atoms in total. The van der Waals surface area contributed by atoms with Gasteiger partial charge in [-0.25, -0.2) is 4.39 Å². The third-order valence-electron chi connectivity index (χ3n) is 3.54. The molecular weight excluding hydrogens is 313 g/mol. The number of primary amides is 1. The van der Waals surface area contributed by atoms with Gasteiger partial charge in [0, 0.05) is 12.4 Å². The molecular formula is C14H19ClFN3O3. The highest BCUT2D eigenvalue weighted by Gasteiger charge is 2.42. The van der Waals surface area contributed by atoms with Gasteiger partial charge in [-0.2, -0.15) is 0 Å². The predicted octanol–water partition coefficient (Wildman–Crippen LogP) is 1.06. The summed E-state index contributed by atoms with van der Waals surface area (Å²) in [5.74, 6) is -0.684. The zero-order chi connectivity index (χ0) is 16.5. The van der Waals surface area contributed by atoms with Gasteiger partial charge in [0.25, 0.3) is 5.91 Å². The fourth-order valence-corrected chi connectivity index (χ4v) is 2.77. The molecule has 0 spiro atoms. The zero-order valence-electron chi connectivity index (χ0n) is 12.4. The van der Waals surface area contributed by atoms with Crippen LogP contribution in [-0.2, 0) is 4.74 Å². The van der Waals surface area contributed by atoms with Crippen LogP contribution >= 0.6 is 11.6 Å². The minimum absolute atomic E-state index is 0.142. The number of nitrogens with two attached hydrogens (primary N) is 1. The highest BCUT2D eigenvalue weighted by Crippen LogP contribution is 2.33. The number of anilines is 1. The molecule has 2 atom stereocenters. The number of pyridine rings is 1. The average Bonchev–Trinajstić information content (AvgIpc) is 2.40. The molecule has 1 aliphatic heterocycles. The number of carbonyl (C=O) groups excluding carboxylic acids is 1. The van der Waals surface area contributed by atoms with Crippen LogP contribution in [0.5, 0.6) is 0 Å². The van der Waals surface area contributed by atoms with E-state index in [0.717, 1.165) is 0 Å². The number of hydrogen-bond acceptors (Lipinski definition) is 5. The Bertz CT molecular complexity index is 548. The molecule has 0 unspecified atom stereocenters.